The van der Waals surface area contributed by atoms with Gasteiger partial charge in [0, 0.05) is 12.0 Å². The van der Waals surface area contributed by atoms with Gasteiger partial charge in [-0.05, 0) is 70.7 Å². The van der Waals surface area contributed by atoms with Crippen molar-refractivity contribution >= 4 is 5.91 Å². The lowest BCUT2D eigenvalue weighted by Crippen LogP contribution is -2.43. The number of nitrogens with one attached hydrogen (secondary N) is 1. The first-order valence-electron chi connectivity index (χ1n) is 8.96. The Morgan fingerprint density at radius 2 is 2.22 bits per heavy atom. The molecular formula is C19H28N2O2. The van der Waals surface area contributed by atoms with Crippen molar-refractivity contribution in [3.63, 3.8) is 0 Å². The Morgan fingerprint density at radius 1 is 1.39 bits per heavy atom. The third kappa shape index (κ3) is 4.47. The number of rotatable bonds is 5. The summed E-state index contributed by atoms with van der Waals surface area (Å²) in [6.45, 7) is 4.91. The molecule has 1 aliphatic carbocycles. The van der Waals surface area contributed by atoms with Crippen LogP contribution < -0.4 is 5.32 Å². The number of carbonyl (C=O) groups is 1. The van der Waals surface area contributed by atoms with E-state index in [-0.39, 0.29) is 17.9 Å². The lowest BCUT2D eigenvalue weighted by atomic mass is 9.92. The number of piperidine rings is 1. The standard InChI is InChI=1S/C19H28N2O2/c1-15(16-6-3-2-4-7-16)20-19(22)17-9-11-21(12-10-17)14-18-8-5-13-23-18/h5-6,8,13,15,17H,2-4,7,9-12,14H2,1H3,(H,20,22)/t15-/m0/s1. The van der Waals surface area contributed by atoms with Crippen LogP contribution in [-0.2, 0) is 11.3 Å². The van der Waals surface area contributed by atoms with Crippen molar-refractivity contribution in [1.29, 1.82) is 0 Å². The minimum Gasteiger partial charge on any atom is -0.468 e. The van der Waals surface area contributed by atoms with E-state index in [9.17, 15) is 4.79 Å². The molecule has 1 aromatic rings. The van der Waals surface area contributed by atoms with Crippen LogP contribution in [0.15, 0.2) is 34.5 Å². The van der Waals surface area contributed by atoms with E-state index < -0.39 is 0 Å². The number of likely N-dealkylation sites (tertiary alicyclic amines) is 1. The van der Waals surface area contributed by atoms with Gasteiger partial charge in [-0.2, -0.15) is 0 Å². The summed E-state index contributed by atoms with van der Waals surface area (Å²) in [4.78, 5) is 14.9. The van der Waals surface area contributed by atoms with Gasteiger partial charge in [-0.1, -0.05) is 11.6 Å². The highest BCUT2D eigenvalue weighted by molar-refractivity contribution is 5.79. The van der Waals surface area contributed by atoms with E-state index in [4.69, 9.17) is 4.42 Å². The maximum atomic E-state index is 12.5. The Kier molecular flexibility index (Phi) is 5.55. The molecule has 1 fully saturated rings. The first-order chi connectivity index (χ1) is 11.2. The van der Waals surface area contributed by atoms with Crippen LogP contribution in [-0.4, -0.2) is 29.9 Å². The molecule has 0 unspecified atom stereocenters. The second kappa shape index (κ2) is 7.82. The van der Waals surface area contributed by atoms with E-state index >= 15 is 0 Å². The summed E-state index contributed by atoms with van der Waals surface area (Å²) >= 11 is 0. The van der Waals surface area contributed by atoms with Crippen LogP contribution in [0.5, 0.6) is 0 Å². The maximum Gasteiger partial charge on any atom is 0.223 e. The second-order valence-corrected chi connectivity index (χ2v) is 6.88. The molecule has 0 bridgehead atoms. The quantitative estimate of drug-likeness (QED) is 0.846. The molecule has 1 saturated heterocycles. The zero-order chi connectivity index (χ0) is 16.1. The Labute approximate surface area is 138 Å². The van der Waals surface area contributed by atoms with E-state index in [0.29, 0.717) is 0 Å². The number of amides is 1. The summed E-state index contributed by atoms with van der Waals surface area (Å²) in [5.41, 5.74) is 1.42. The van der Waals surface area contributed by atoms with Crippen LogP contribution in [0, 0.1) is 5.92 Å². The summed E-state index contributed by atoms with van der Waals surface area (Å²) in [6.07, 6.45) is 10.8. The number of carbonyl (C=O) groups excluding carboxylic acids is 1. The van der Waals surface area contributed by atoms with Crippen molar-refractivity contribution in [1.82, 2.24) is 10.2 Å². The molecule has 3 rings (SSSR count). The third-order valence-corrected chi connectivity index (χ3v) is 5.16. The Bertz CT molecular complexity index is 528. The molecule has 2 aliphatic rings. The molecule has 0 saturated carbocycles. The maximum absolute atomic E-state index is 12.5. The van der Waals surface area contributed by atoms with Gasteiger partial charge in [0.25, 0.3) is 0 Å². The lowest BCUT2D eigenvalue weighted by molar-refractivity contribution is -0.126. The van der Waals surface area contributed by atoms with Gasteiger partial charge in [0.05, 0.1) is 12.8 Å². The Hall–Kier alpha value is -1.55. The van der Waals surface area contributed by atoms with Crippen molar-refractivity contribution in [2.24, 2.45) is 5.92 Å². The van der Waals surface area contributed by atoms with E-state index in [2.05, 4.69) is 23.2 Å². The van der Waals surface area contributed by atoms with Crippen LogP contribution in [0.1, 0.15) is 51.2 Å². The van der Waals surface area contributed by atoms with E-state index in [1.807, 2.05) is 12.1 Å². The molecular weight excluding hydrogens is 288 g/mol. The monoisotopic (exact) mass is 316 g/mol. The summed E-state index contributed by atoms with van der Waals surface area (Å²) in [5.74, 6) is 1.40. The predicted octanol–water partition coefficient (Wildman–Crippen LogP) is 3.50. The van der Waals surface area contributed by atoms with Crippen LogP contribution >= 0.6 is 0 Å². The van der Waals surface area contributed by atoms with Crippen LogP contribution in [0.25, 0.3) is 0 Å². The summed E-state index contributed by atoms with van der Waals surface area (Å²) < 4.78 is 5.40. The average molecular weight is 316 g/mol. The van der Waals surface area contributed by atoms with Gasteiger partial charge in [0.15, 0.2) is 0 Å². The molecule has 1 amide bonds. The van der Waals surface area contributed by atoms with Gasteiger partial charge < -0.3 is 9.73 Å². The van der Waals surface area contributed by atoms with Gasteiger partial charge >= 0.3 is 0 Å². The molecule has 4 heteroatoms. The molecule has 1 N–H and O–H groups in total. The van der Waals surface area contributed by atoms with Gasteiger partial charge in [-0.25, -0.2) is 0 Å². The smallest absolute Gasteiger partial charge is 0.223 e. The van der Waals surface area contributed by atoms with Crippen LogP contribution in [0.4, 0.5) is 0 Å². The molecule has 0 aromatic carbocycles. The van der Waals surface area contributed by atoms with E-state index in [0.717, 1.165) is 44.7 Å². The first kappa shape index (κ1) is 16.3. The zero-order valence-corrected chi connectivity index (χ0v) is 14.1. The van der Waals surface area contributed by atoms with Gasteiger partial charge in [0.2, 0.25) is 5.91 Å². The average Bonchev–Trinajstić information content (AvgIpc) is 3.09. The highest BCUT2D eigenvalue weighted by Gasteiger charge is 2.26. The zero-order valence-electron chi connectivity index (χ0n) is 14.1. The minimum absolute atomic E-state index is 0.162. The van der Waals surface area contributed by atoms with E-state index in [1.165, 1.54) is 24.8 Å². The summed E-state index contributed by atoms with van der Waals surface area (Å²) in [6, 6.07) is 4.14. The Balaban J connectivity index is 1.43. The topological polar surface area (TPSA) is 45.5 Å². The highest BCUT2D eigenvalue weighted by atomic mass is 16.3. The molecule has 23 heavy (non-hydrogen) atoms. The van der Waals surface area contributed by atoms with Gasteiger partial charge in [-0.15, -0.1) is 0 Å². The van der Waals surface area contributed by atoms with Crippen LogP contribution in [0.2, 0.25) is 0 Å². The van der Waals surface area contributed by atoms with Gasteiger partial charge in [-0.3, -0.25) is 9.69 Å². The lowest BCUT2D eigenvalue weighted by Gasteiger charge is -2.31. The van der Waals surface area contributed by atoms with Crippen LogP contribution in [0.3, 0.4) is 0 Å². The molecule has 1 atom stereocenters. The first-order valence-corrected chi connectivity index (χ1v) is 8.96. The summed E-state index contributed by atoms with van der Waals surface area (Å²) in [5, 5.41) is 3.24. The second-order valence-electron chi connectivity index (χ2n) is 6.88. The number of allylic oxidation sites excluding steroid dienone is 1. The normalized spacial score (nSPS) is 21.7. The summed E-state index contributed by atoms with van der Waals surface area (Å²) in [7, 11) is 0. The fraction of sp³-hybridized carbons (Fsp3) is 0.632. The fourth-order valence-corrected chi connectivity index (χ4v) is 3.66. The van der Waals surface area contributed by atoms with Crippen molar-refractivity contribution in [3.05, 3.63) is 35.8 Å². The van der Waals surface area contributed by atoms with Crippen molar-refractivity contribution in [3.8, 4) is 0 Å². The largest absolute Gasteiger partial charge is 0.468 e. The molecule has 1 aliphatic heterocycles. The number of furan rings is 1. The Morgan fingerprint density at radius 3 is 2.87 bits per heavy atom. The minimum atomic E-state index is 0.162. The van der Waals surface area contributed by atoms with E-state index in [1.54, 1.807) is 6.26 Å². The van der Waals surface area contributed by atoms with Crippen molar-refractivity contribution < 1.29 is 9.21 Å². The van der Waals surface area contributed by atoms with Crippen molar-refractivity contribution in [2.45, 2.75) is 58.0 Å². The molecule has 4 nitrogen and oxygen atoms in total. The molecule has 0 radical (unpaired) electrons. The molecule has 0 spiro atoms. The predicted molar refractivity (Wildman–Crippen MR) is 90.9 cm³/mol. The van der Waals surface area contributed by atoms with Gasteiger partial charge in [0.1, 0.15) is 5.76 Å². The molecule has 126 valence electrons. The number of nitrogens with zero attached hydrogens (tertiary/aromatic N) is 1. The third-order valence-electron chi connectivity index (χ3n) is 5.16. The SMILES string of the molecule is C[C@H](NC(=O)C1CCN(Cc2ccco2)CC1)C1=CCCCC1. The number of hydrogen-bond donors (Lipinski definition) is 1. The van der Waals surface area contributed by atoms with Crippen molar-refractivity contribution in [2.75, 3.05) is 13.1 Å². The molecule has 1 aromatic heterocycles. The highest BCUT2D eigenvalue weighted by Crippen LogP contribution is 2.22. The molecule has 2 heterocycles. The fourth-order valence-electron chi connectivity index (χ4n) is 3.66. The number of hydrogen-bond acceptors (Lipinski definition) is 3.